The second-order valence-corrected chi connectivity index (χ2v) is 2.76. The molecule has 0 aromatic rings. The van der Waals surface area contributed by atoms with E-state index < -0.39 is 0 Å². The van der Waals surface area contributed by atoms with E-state index in [2.05, 4.69) is 38.4 Å². The van der Waals surface area contributed by atoms with Crippen molar-refractivity contribution in [1.29, 1.82) is 0 Å². The second-order valence-electron chi connectivity index (χ2n) is 1.53. The SMILES string of the molecule is SN1C=CCN(S)N1S. The van der Waals surface area contributed by atoms with Crippen LogP contribution >= 0.6 is 38.4 Å². The Bertz CT molecular complexity index is 127. The summed E-state index contributed by atoms with van der Waals surface area (Å²) in [4.78, 5) is 0. The first-order chi connectivity index (χ1) is 4.22. The van der Waals surface area contributed by atoms with E-state index in [-0.39, 0.29) is 0 Å². The van der Waals surface area contributed by atoms with Crippen molar-refractivity contribution in [1.82, 2.24) is 13.4 Å². The van der Waals surface area contributed by atoms with Gasteiger partial charge in [-0.1, -0.05) is 30.2 Å². The molecule has 1 aliphatic heterocycles. The maximum atomic E-state index is 4.06. The first-order valence-corrected chi connectivity index (χ1v) is 3.52. The van der Waals surface area contributed by atoms with Crippen molar-refractivity contribution in [3.8, 4) is 0 Å². The van der Waals surface area contributed by atoms with Crippen LogP contribution in [0.25, 0.3) is 0 Å². The highest BCUT2D eigenvalue weighted by molar-refractivity contribution is 7.82. The molecule has 9 heavy (non-hydrogen) atoms. The van der Waals surface area contributed by atoms with E-state index in [1.807, 2.05) is 6.08 Å². The predicted octanol–water partition coefficient (Wildman–Crippen LogP) is 0.784. The predicted molar refractivity (Wildman–Crippen MR) is 46.5 cm³/mol. The standard InChI is InChI=1S/C3H7N3S3/c7-4-2-1-3-5(8)6(4)9/h1-2,7-9H,3H2. The summed E-state index contributed by atoms with van der Waals surface area (Å²) in [6.07, 6.45) is 3.72. The van der Waals surface area contributed by atoms with Crippen molar-refractivity contribution in [3.05, 3.63) is 12.3 Å². The van der Waals surface area contributed by atoms with Gasteiger partial charge in [-0.15, -0.1) is 0 Å². The molecule has 0 fully saturated rings. The number of hydrogen-bond acceptors (Lipinski definition) is 6. The molecule has 1 heterocycles. The largest absolute Gasteiger partial charge is 0.234 e. The number of hydrogen-bond donors (Lipinski definition) is 3. The van der Waals surface area contributed by atoms with Crippen LogP contribution in [0.15, 0.2) is 12.3 Å². The van der Waals surface area contributed by atoms with Gasteiger partial charge >= 0.3 is 0 Å². The van der Waals surface area contributed by atoms with Gasteiger partial charge in [0.1, 0.15) is 0 Å². The van der Waals surface area contributed by atoms with E-state index in [0.717, 1.165) is 6.54 Å². The molecule has 3 nitrogen and oxygen atoms in total. The van der Waals surface area contributed by atoms with Crippen molar-refractivity contribution < 1.29 is 0 Å². The molecule has 0 aromatic heterocycles. The van der Waals surface area contributed by atoms with Crippen LogP contribution in [0.2, 0.25) is 0 Å². The van der Waals surface area contributed by atoms with Gasteiger partial charge in [0.25, 0.3) is 0 Å². The van der Waals surface area contributed by atoms with E-state index >= 15 is 0 Å². The van der Waals surface area contributed by atoms with Gasteiger partial charge in [-0.3, -0.25) is 0 Å². The van der Waals surface area contributed by atoms with Crippen LogP contribution in [0.3, 0.4) is 0 Å². The first-order valence-electron chi connectivity index (χ1n) is 2.32. The summed E-state index contributed by atoms with van der Waals surface area (Å²) in [7, 11) is 0. The molecule has 0 aliphatic carbocycles. The lowest BCUT2D eigenvalue weighted by Crippen LogP contribution is -2.38. The Labute approximate surface area is 70.9 Å². The molecule has 0 spiro atoms. The Hall–Kier alpha value is 0.510. The molecule has 0 aromatic carbocycles. The minimum Gasteiger partial charge on any atom is -0.234 e. The van der Waals surface area contributed by atoms with Gasteiger partial charge in [0.15, 0.2) is 0 Å². The Kier molecular flexibility index (Phi) is 2.59. The quantitative estimate of drug-likeness (QED) is 0.477. The summed E-state index contributed by atoms with van der Waals surface area (Å²) in [5.41, 5.74) is 0. The molecule has 0 bridgehead atoms. The van der Waals surface area contributed by atoms with E-state index in [0.29, 0.717) is 0 Å². The molecule has 0 N–H and O–H groups in total. The third kappa shape index (κ3) is 1.71. The van der Waals surface area contributed by atoms with Crippen LogP contribution < -0.4 is 0 Å². The first kappa shape index (κ1) is 7.62. The van der Waals surface area contributed by atoms with Crippen LogP contribution in [-0.4, -0.2) is 19.9 Å². The summed E-state index contributed by atoms with van der Waals surface area (Å²) >= 11 is 12.1. The highest BCUT2D eigenvalue weighted by Crippen LogP contribution is 2.16. The molecule has 0 saturated heterocycles. The fourth-order valence-corrected chi connectivity index (χ4v) is 1.04. The van der Waals surface area contributed by atoms with E-state index in [9.17, 15) is 0 Å². The molecular weight excluding hydrogens is 174 g/mol. The maximum absolute atomic E-state index is 4.06. The zero-order chi connectivity index (χ0) is 6.85. The minimum atomic E-state index is 0.740. The third-order valence-corrected chi connectivity index (χ3v) is 2.22. The average molecular weight is 181 g/mol. The lowest BCUT2D eigenvalue weighted by Gasteiger charge is -2.32. The summed E-state index contributed by atoms with van der Waals surface area (Å²) in [5.74, 6) is 0. The van der Waals surface area contributed by atoms with Gasteiger partial charge in [0.2, 0.25) is 0 Å². The van der Waals surface area contributed by atoms with E-state index in [1.54, 1.807) is 10.6 Å². The lowest BCUT2D eigenvalue weighted by molar-refractivity contribution is 0.0823. The van der Waals surface area contributed by atoms with Gasteiger partial charge < -0.3 is 0 Å². The zero-order valence-corrected chi connectivity index (χ0v) is 7.23. The molecule has 1 rings (SSSR count). The summed E-state index contributed by atoms with van der Waals surface area (Å²) < 4.78 is 4.60. The Morgan fingerprint density at radius 1 is 1.22 bits per heavy atom. The van der Waals surface area contributed by atoms with Gasteiger partial charge in [-0.05, 0) is 18.9 Å². The highest BCUT2D eigenvalue weighted by atomic mass is 32.1. The summed E-state index contributed by atoms with van der Waals surface area (Å²) in [6, 6.07) is 0. The monoisotopic (exact) mass is 181 g/mol. The van der Waals surface area contributed by atoms with Crippen molar-refractivity contribution >= 4 is 38.4 Å². The fourth-order valence-electron chi connectivity index (χ4n) is 0.474. The summed E-state index contributed by atoms with van der Waals surface area (Å²) in [5, 5.41) is 0. The fraction of sp³-hybridized carbons (Fsp3) is 0.333. The molecule has 0 radical (unpaired) electrons. The van der Waals surface area contributed by atoms with Crippen LogP contribution in [0.1, 0.15) is 0 Å². The van der Waals surface area contributed by atoms with Gasteiger partial charge in [0.05, 0.1) is 0 Å². The van der Waals surface area contributed by atoms with Crippen molar-refractivity contribution in [2.45, 2.75) is 0 Å². The Balaban J connectivity index is 2.58. The van der Waals surface area contributed by atoms with E-state index in [1.165, 1.54) is 8.94 Å². The number of hydrazine groups is 2. The van der Waals surface area contributed by atoms with Gasteiger partial charge in [-0.2, -0.15) is 4.41 Å². The van der Waals surface area contributed by atoms with Crippen molar-refractivity contribution in [3.63, 3.8) is 0 Å². The Morgan fingerprint density at radius 3 is 2.33 bits per heavy atom. The third-order valence-electron chi connectivity index (χ3n) is 0.897. The van der Waals surface area contributed by atoms with Crippen molar-refractivity contribution in [2.24, 2.45) is 0 Å². The summed E-state index contributed by atoms with van der Waals surface area (Å²) in [6.45, 7) is 0.740. The highest BCUT2D eigenvalue weighted by Gasteiger charge is 2.13. The van der Waals surface area contributed by atoms with Crippen LogP contribution in [-0.2, 0) is 0 Å². The van der Waals surface area contributed by atoms with Crippen molar-refractivity contribution in [2.75, 3.05) is 6.54 Å². The molecule has 6 heteroatoms. The average Bonchev–Trinajstić information content (AvgIpc) is 1.83. The second kappa shape index (κ2) is 3.07. The smallest absolute Gasteiger partial charge is 0.0470 e. The Morgan fingerprint density at radius 2 is 1.89 bits per heavy atom. The minimum absolute atomic E-state index is 0.740. The van der Waals surface area contributed by atoms with Crippen LogP contribution in [0.5, 0.6) is 0 Å². The van der Waals surface area contributed by atoms with Crippen LogP contribution in [0, 0.1) is 0 Å². The zero-order valence-electron chi connectivity index (χ0n) is 4.55. The molecule has 0 unspecified atom stereocenters. The van der Waals surface area contributed by atoms with Crippen LogP contribution in [0.4, 0.5) is 0 Å². The molecule has 0 amide bonds. The molecule has 1 aliphatic rings. The number of thiol groups is 3. The lowest BCUT2D eigenvalue weighted by atomic mass is 10.6. The van der Waals surface area contributed by atoms with Gasteiger partial charge in [-0.25, -0.2) is 4.41 Å². The van der Waals surface area contributed by atoms with Gasteiger partial charge in [0, 0.05) is 12.7 Å². The molecular formula is C3H7N3S3. The molecule has 52 valence electrons. The topological polar surface area (TPSA) is 9.72 Å². The number of rotatable bonds is 0. The normalized spacial score (nSPS) is 23.2. The maximum Gasteiger partial charge on any atom is 0.0470 e. The molecule has 0 atom stereocenters. The molecule has 0 saturated carbocycles. The number of nitrogens with zero attached hydrogens (tertiary/aromatic N) is 3. The van der Waals surface area contributed by atoms with E-state index in [4.69, 9.17) is 0 Å².